The molecule has 3 rings (SSSR count). The predicted molar refractivity (Wildman–Crippen MR) is 95.3 cm³/mol. The number of carbonyl (C=O) groups is 1. The summed E-state index contributed by atoms with van der Waals surface area (Å²) in [7, 11) is 0. The highest BCUT2D eigenvalue weighted by atomic mass is 19.4. The zero-order valence-electron chi connectivity index (χ0n) is 15.7. The van der Waals surface area contributed by atoms with Crippen LogP contribution in [0.15, 0.2) is 27.4 Å². The Morgan fingerprint density at radius 1 is 1.14 bits per heavy atom. The van der Waals surface area contributed by atoms with Crippen LogP contribution in [0, 0.1) is 0 Å². The highest BCUT2D eigenvalue weighted by Gasteiger charge is 2.31. The average molecular weight is 399 g/mol. The van der Waals surface area contributed by atoms with E-state index < -0.39 is 29.1 Å². The number of nitrogens with zero attached hydrogens (tertiary/aromatic N) is 3. The monoisotopic (exact) mass is 399 g/mol. The molecule has 0 aliphatic carbocycles. The molecule has 1 aromatic carbocycles. The summed E-state index contributed by atoms with van der Waals surface area (Å²) >= 11 is 0. The zero-order chi connectivity index (χ0) is 20.7. The van der Waals surface area contributed by atoms with E-state index in [9.17, 15) is 22.8 Å². The van der Waals surface area contributed by atoms with E-state index in [4.69, 9.17) is 9.15 Å². The van der Waals surface area contributed by atoms with Crippen molar-refractivity contribution in [3.63, 3.8) is 0 Å². The summed E-state index contributed by atoms with van der Waals surface area (Å²) in [6.07, 6.45) is -4.99. The number of alkyl halides is 3. The fourth-order valence-electron chi connectivity index (χ4n) is 2.78. The van der Waals surface area contributed by atoms with Gasteiger partial charge in [0.05, 0.1) is 16.5 Å². The number of halogens is 3. The first-order valence-corrected chi connectivity index (χ1v) is 8.69. The maximum Gasteiger partial charge on any atom is 0.416 e. The molecule has 1 aliphatic heterocycles. The minimum absolute atomic E-state index is 0.0149. The fraction of sp³-hybridized carbons (Fsp3) is 0.500. The lowest BCUT2D eigenvalue weighted by molar-refractivity contribution is -0.137. The average Bonchev–Trinajstić information content (AvgIpc) is 2.59. The van der Waals surface area contributed by atoms with Crippen LogP contribution in [0.5, 0.6) is 0 Å². The maximum absolute atomic E-state index is 12.8. The third-order valence-corrected chi connectivity index (χ3v) is 4.15. The molecule has 7 nitrogen and oxygen atoms in total. The summed E-state index contributed by atoms with van der Waals surface area (Å²) in [4.78, 5) is 31.6. The molecule has 0 atom stereocenters. The molecule has 1 fully saturated rings. The van der Waals surface area contributed by atoms with Crippen molar-refractivity contribution in [1.29, 1.82) is 0 Å². The van der Waals surface area contributed by atoms with Gasteiger partial charge in [-0.3, -0.25) is 0 Å². The molecule has 0 N–H and O–H groups in total. The van der Waals surface area contributed by atoms with Gasteiger partial charge in [-0.15, -0.1) is 0 Å². The molecule has 2 aromatic rings. The number of ether oxygens (including phenoxy) is 1. The summed E-state index contributed by atoms with van der Waals surface area (Å²) in [5, 5.41) is -0.231. The van der Waals surface area contributed by atoms with Gasteiger partial charge in [-0.1, -0.05) is 0 Å². The molecular weight excluding hydrogens is 379 g/mol. The van der Waals surface area contributed by atoms with Gasteiger partial charge in [0.25, 0.3) is 0 Å². The van der Waals surface area contributed by atoms with Crippen LogP contribution in [0.2, 0.25) is 0 Å². The van der Waals surface area contributed by atoms with E-state index in [1.165, 1.54) is 4.90 Å². The molecule has 1 amide bonds. The molecule has 0 spiro atoms. The van der Waals surface area contributed by atoms with Gasteiger partial charge in [-0.05, 0) is 39.0 Å². The van der Waals surface area contributed by atoms with Crippen molar-refractivity contribution in [2.45, 2.75) is 32.5 Å². The summed E-state index contributed by atoms with van der Waals surface area (Å²) in [5.74, 6) is 0. The number of rotatable bonds is 1. The molecule has 2 heterocycles. The molecule has 1 saturated heterocycles. The van der Waals surface area contributed by atoms with E-state index in [2.05, 4.69) is 4.98 Å². The second-order valence-corrected chi connectivity index (χ2v) is 7.47. The van der Waals surface area contributed by atoms with Crippen molar-refractivity contribution in [3.05, 3.63) is 34.2 Å². The van der Waals surface area contributed by atoms with Gasteiger partial charge in [-0.25, -0.2) is 9.59 Å². The van der Waals surface area contributed by atoms with Gasteiger partial charge in [0.15, 0.2) is 0 Å². The smallest absolute Gasteiger partial charge is 0.416 e. The van der Waals surface area contributed by atoms with E-state index in [1.54, 1.807) is 25.7 Å². The number of aromatic nitrogens is 1. The Morgan fingerprint density at radius 2 is 1.79 bits per heavy atom. The molecule has 1 aliphatic rings. The van der Waals surface area contributed by atoms with Gasteiger partial charge in [-0.2, -0.15) is 18.2 Å². The SMILES string of the molecule is CC(C)(C)OC(=O)N1CCN(c2nc3ccc(C(F)(F)F)cc3c(=O)o2)CC1. The first-order chi connectivity index (χ1) is 12.9. The Labute approximate surface area is 158 Å². The van der Waals surface area contributed by atoms with Gasteiger partial charge in [0.1, 0.15) is 5.60 Å². The number of benzene rings is 1. The second kappa shape index (κ2) is 6.99. The Balaban J connectivity index is 1.77. The van der Waals surface area contributed by atoms with Gasteiger partial charge in [0.2, 0.25) is 0 Å². The first-order valence-electron chi connectivity index (χ1n) is 8.69. The lowest BCUT2D eigenvalue weighted by Gasteiger charge is -2.35. The van der Waals surface area contributed by atoms with Crippen LogP contribution in [0.3, 0.4) is 0 Å². The van der Waals surface area contributed by atoms with E-state index in [0.717, 1.165) is 18.2 Å². The van der Waals surface area contributed by atoms with Gasteiger partial charge < -0.3 is 19.0 Å². The van der Waals surface area contributed by atoms with E-state index >= 15 is 0 Å². The molecular formula is C18H20F3N3O4. The zero-order valence-corrected chi connectivity index (χ0v) is 15.7. The molecule has 0 unspecified atom stereocenters. The van der Waals surface area contributed by atoms with E-state index in [1.807, 2.05) is 0 Å². The van der Waals surface area contributed by atoms with Crippen molar-refractivity contribution in [2.75, 3.05) is 31.1 Å². The molecule has 28 heavy (non-hydrogen) atoms. The topological polar surface area (TPSA) is 75.9 Å². The third-order valence-electron chi connectivity index (χ3n) is 4.15. The molecule has 0 saturated carbocycles. The van der Waals surface area contributed by atoms with Crippen LogP contribution >= 0.6 is 0 Å². The second-order valence-electron chi connectivity index (χ2n) is 7.47. The normalized spacial score (nSPS) is 15.8. The number of hydrogen-bond donors (Lipinski definition) is 0. The number of anilines is 1. The molecule has 0 bridgehead atoms. The summed E-state index contributed by atoms with van der Waals surface area (Å²) in [6, 6.07) is 2.77. The Kier molecular flexibility index (Phi) is 4.99. The van der Waals surface area contributed by atoms with Gasteiger partial charge >= 0.3 is 23.9 Å². The highest BCUT2D eigenvalue weighted by molar-refractivity contribution is 5.79. The Bertz CT molecular complexity index is 942. The minimum atomic E-state index is -4.56. The number of piperazine rings is 1. The summed E-state index contributed by atoms with van der Waals surface area (Å²) in [5.41, 5.74) is -2.31. The summed E-state index contributed by atoms with van der Waals surface area (Å²) < 4.78 is 48.9. The number of fused-ring (bicyclic) bond motifs is 1. The minimum Gasteiger partial charge on any atom is -0.444 e. The Morgan fingerprint density at radius 3 is 2.36 bits per heavy atom. The van der Waals surface area contributed by atoms with Crippen LogP contribution in [0.4, 0.5) is 24.0 Å². The largest absolute Gasteiger partial charge is 0.444 e. The maximum atomic E-state index is 12.8. The molecule has 10 heteroatoms. The molecule has 152 valence electrons. The lowest BCUT2D eigenvalue weighted by Crippen LogP contribution is -2.50. The van der Waals surface area contributed by atoms with Crippen molar-refractivity contribution in [2.24, 2.45) is 0 Å². The molecule has 0 radical (unpaired) electrons. The van der Waals surface area contributed by atoms with E-state index in [0.29, 0.717) is 26.2 Å². The standard InChI is InChI=1S/C18H20F3N3O4/c1-17(2,3)28-16(26)24-8-6-23(7-9-24)15-22-13-5-4-11(18(19,20)21)10-12(13)14(25)27-15/h4-5,10H,6-9H2,1-3H3. The number of carbonyl (C=O) groups excluding carboxylic acids is 1. The van der Waals surface area contributed by atoms with Crippen LogP contribution in [-0.2, 0) is 10.9 Å². The summed E-state index contributed by atoms with van der Waals surface area (Å²) in [6.45, 7) is 6.70. The quantitative estimate of drug-likeness (QED) is 0.733. The van der Waals surface area contributed by atoms with Crippen LogP contribution in [0.25, 0.3) is 10.9 Å². The number of hydrogen-bond acceptors (Lipinski definition) is 6. The number of amides is 1. The van der Waals surface area contributed by atoms with Crippen molar-refractivity contribution >= 4 is 23.0 Å². The highest BCUT2D eigenvalue weighted by Crippen LogP contribution is 2.30. The fourth-order valence-corrected chi connectivity index (χ4v) is 2.78. The van der Waals surface area contributed by atoms with Crippen LogP contribution in [-0.4, -0.2) is 47.8 Å². The van der Waals surface area contributed by atoms with Crippen LogP contribution in [0.1, 0.15) is 26.3 Å². The molecule has 1 aromatic heterocycles. The van der Waals surface area contributed by atoms with Gasteiger partial charge in [0, 0.05) is 26.2 Å². The van der Waals surface area contributed by atoms with Crippen LogP contribution < -0.4 is 10.5 Å². The van der Waals surface area contributed by atoms with Crippen molar-refractivity contribution < 1.29 is 27.1 Å². The first kappa shape index (κ1) is 20.0. The van der Waals surface area contributed by atoms with Crippen molar-refractivity contribution in [3.8, 4) is 0 Å². The predicted octanol–water partition coefficient (Wildman–Crippen LogP) is 3.26. The lowest BCUT2D eigenvalue weighted by atomic mass is 10.1. The van der Waals surface area contributed by atoms with E-state index in [-0.39, 0.29) is 16.9 Å². The third kappa shape index (κ3) is 4.37. The van der Waals surface area contributed by atoms with Crippen molar-refractivity contribution in [1.82, 2.24) is 9.88 Å². The Hall–Kier alpha value is -2.78.